The van der Waals surface area contributed by atoms with Crippen LogP contribution in [0.1, 0.15) is 130 Å². The molecule has 4 aliphatic carbocycles. The van der Waals surface area contributed by atoms with E-state index in [1.54, 1.807) is 12.1 Å². The molecule has 0 radical (unpaired) electrons. The van der Waals surface area contributed by atoms with Crippen molar-refractivity contribution >= 4 is 43.4 Å². The third kappa shape index (κ3) is 5.82. The van der Waals surface area contributed by atoms with E-state index in [2.05, 4.69) is 167 Å². The van der Waals surface area contributed by atoms with Crippen molar-refractivity contribution in [3.05, 3.63) is 118 Å². The normalized spacial score (nSPS) is 18.9. The van der Waals surface area contributed by atoms with Gasteiger partial charge in [-0.15, -0.1) is 24.8 Å². The Hall–Kier alpha value is -2.05. The Labute approximate surface area is 323 Å². The second-order valence-electron chi connectivity index (χ2n) is 20.6. The molecule has 0 spiro atoms. The molecule has 7 rings (SSSR count). The molecule has 3 heteroatoms. The van der Waals surface area contributed by atoms with Crippen molar-refractivity contribution in [1.29, 1.82) is 0 Å². The van der Waals surface area contributed by atoms with Gasteiger partial charge in [0.05, 0.1) is 0 Å². The van der Waals surface area contributed by atoms with E-state index in [1.807, 2.05) is 0 Å². The average molecular weight is 801 g/mol. The van der Waals surface area contributed by atoms with E-state index in [9.17, 15) is 0 Å². The average Bonchev–Trinajstić information content (AvgIpc) is 3.73. The first kappa shape index (κ1) is 40.1. The third-order valence-corrected chi connectivity index (χ3v) is 28.1. The van der Waals surface area contributed by atoms with Gasteiger partial charge < -0.3 is 0 Å². The Morgan fingerprint density at radius 1 is 0.667 bits per heavy atom. The van der Waals surface area contributed by atoms with Gasteiger partial charge in [0.1, 0.15) is 0 Å². The number of hydrogen-bond acceptors (Lipinski definition) is 0. The van der Waals surface area contributed by atoms with Gasteiger partial charge in [-0.2, -0.15) is 0 Å². The minimum absolute atomic E-state index is 0. The van der Waals surface area contributed by atoms with Crippen LogP contribution in [0.25, 0.3) is 22.3 Å². The standard InChI is InChI=1S/C31H37.C9H13.C6H5.CH3.CH2.2ClH.Zr/c1-28(2,3)26-16-30(7,8)24-12-18-11-19-13-25-23(15-21(19)20(18)14-22(24)26)27(29(4,5)6)17-31(25,9)10;1-9(2,3)8-6-4-5-7-8;1-2-4-6-5-3-1;;;;;/h12-16H,11H2,1-10H3;6-7H,4H2,1-3H3;1-5H;1H3;1H2;2*1H;. The molecule has 0 aliphatic heterocycles. The molecule has 3 aromatic rings. The topological polar surface area (TPSA) is 0 Å². The summed E-state index contributed by atoms with van der Waals surface area (Å²) in [7, 11) is 0. The number of allylic oxidation sites excluding steroid dienone is 8. The van der Waals surface area contributed by atoms with E-state index >= 15 is 0 Å². The fourth-order valence-corrected chi connectivity index (χ4v) is 25.8. The Morgan fingerprint density at radius 2 is 1.22 bits per heavy atom. The second kappa shape index (κ2) is 12.0. The quantitative estimate of drug-likeness (QED) is 0.194. The van der Waals surface area contributed by atoms with Crippen molar-refractivity contribution in [1.82, 2.24) is 0 Å². The zero-order valence-corrected chi connectivity index (χ0v) is 38.0. The summed E-state index contributed by atoms with van der Waals surface area (Å²) in [5.41, 5.74) is 16.4. The van der Waals surface area contributed by atoms with Crippen molar-refractivity contribution in [2.75, 3.05) is 0 Å². The van der Waals surface area contributed by atoms with Gasteiger partial charge >= 0.3 is 301 Å². The van der Waals surface area contributed by atoms with Gasteiger partial charge in [0.2, 0.25) is 0 Å². The summed E-state index contributed by atoms with van der Waals surface area (Å²) in [6.07, 6.45) is 9.66. The van der Waals surface area contributed by atoms with Gasteiger partial charge in [-0.05, 0) is 0 Å². The molecule has 0 saturated carbocycles. The number of benzene rings is 3. The fraction of sp³-hybridized carbons (Fsp3) is 0.438. The molecule has 272 valence electrons. The van der Waals surface area contributed by atoms with E-state index in [4.69, 9.17) is 4.21 Å². The molecule has 0 nitrogen and oxygen atoms in total. The Bertz CT molecular complexity index is 2160. The molecule has 0 heterocycles. The number of rotatable bonds is 3. The number of halogens is 2. The predicted molar refractivity (Wildman–Crippen MR) is 228 cm³/mol. The molecule has 51 heavy (non-hydrogen) atoms. The summed E-state index contributed by atoms with van der Waals surface area (Å²) in [6, 6.07) is 21.9. The SMILES string of the molecule is Cl.Cl.[CH2]=[Zr]([CH3])([C]1=CC(C(C)(C)C)=CC1)([C]1=C(C(C)(C)C)c2cc3c(cc2C1(C)C)Cc1cc2c(cc1-3)C(C(C)(C)C)=CC2(C)C)[c]1ccccc1. The molecule has 0 aromatic heterocycles. The molecule has 0 amide bonds. The molecule has 0 N–H and O–H groups in total. The summed E-state index contributed by atoms with van der Waals surface area (Å²) in [5.74, 6) is 0. The summed E-state index contributed by atoms with van der Waals surface area (Å²) in [5, 5.41) is 0. The molecule has 3 aromatic carbocycles. The summed E-state index contributed by atoms with van der Waals surface area (Å²) >= 11 is -4.43. The van der Waals surface area contributed by atoms with Crippen LogP contribution in [-0.4, -0.2) is 4.21 Å². The van der Waals surface area contributed by atoms with Gasteiger partial charge in [0.15, 0.2) is 0 Å². The van der Waals surface area contributed by atoms with E-state index in [0.29, 0.717) is 0 Å². The van der Waals surface area contributed by atoms with Gasteiger partial charge in [0.25, 0.3) is 0 Å². The first-order valence-electron chi connectivity index (χ1n) is 18.7. The van der Waals surface area contributed by atoms with Crippen LogP contribution in [0, 0.1) is 16.2 Å². The van der Waals surface area contributed by atoms with Gasteiger partial charge in [-0.3, -0.25) is 0 Å². The predicted octanol–water partition coefficient (Wildman–Crippen LogP) is 13.6. The second-order valence-corrected chi connectivity index (χ2v) is 34.7. The van der Waals surface area contributed by atoms with E-state index in [-0.39, 0.29) is 51.9 Å². The van der Waals surface area contributed by atoms with E-state index in [0.717, 1.165) is 12.8 Å². The van der Waals surface area contributed by atoms with Crippen molar-refractivity contribution in [2.24, 2.45) is 16.2 Å². The first-order valence-corrected chi connectivity index (χ1v) is 26.6. The van der Waals surface area contributed by atoms with Crippen molar-refractivity contribution in [3.63, 3.8) is 0 Å². The molecule has 0 atom stereocenters. The van der Waals surface area contributed by atoms with Crippen molar-refractivity contribution in [2.45, 2.75) is 118 Å². The maximum absolute atomic E-state index is 5.64. The molecule has 4 aliphatic rings. The van der Waals surface area contributed by atoms with Gasteiger partial charge in [-0.1, -0.05) is 0 Å². The van der Waals surface area contributed by atoms with Crippen LogP contribution in [0.2, 0.25) is 4.63 Å². The Morgan fingerprint density at radius 3 is 1.73 bits per heavy atom. The van der Waals surface area contributed by atoms with Crippen LogP contribution < -0.4 is 3.27 Å². The summed E-state index contributed by atoms with van der Waals surface area (Å²) in [4.78, 5) is 0. The van der Waals surface area contributed by atoms with Crippen LogP contribution in [0.4, 0.5) is 0 Å². The van der Waals surface area contributed by atoms with Crippen LogP contribution in [-0.2, 0) is 35.5 Å². The monoisotopic (exact) mass is 798 g/mol. The maximum atomic E-state index is 5.64. The van der Waals surface area contributed by atoms with Crippen LogP contribution in [0.5, 0.6) is 0 Å². The zero-order valence-electron chi connectivity index (χ0n) is 33.9. The molecule has 0 saturated heterocycles. The number of hydrogen-bond donors (Lipinski definition) is 0. The van der Waals surface area contributed by atoms with Crippen molar-refractivity contribution in [3.8, 4) is 11.1 Å². The number of fused-ring (bicyclic) bond motifs is 5. The van der Waals surface area contributed by atoms with Crippen molar-refractivity contribution < 1.29 is 18.3 Å². The molecule has 0 unspecified atom stereocenters. The minimum atomic E-state index is -4.43. The van der Waals surface area contributed by atoms with Crippen LogP contribution >= 0.6 is 24.8 Å². The molecular formula is C48H62Cl2Zr. The van der Waals surface area contributed by atoms with Crippen LogP contribution in [0.15, 0.2) is 85.0 Å². The van der Waals surface area contributed by atoms with E-state index in [1.165, 1.54) is 58.9 Å². The molecule has 0 fully saturated rings. The molecule has 0 bridgehead atoms. The summed E-state index contributed by atoms with van der Waals surface area (Å²) in [6.45, 7) is 31.4. The van der Waals surface area contributed by atoms with E-state index < -0.39 is 18.3 Å². The Kier molecular flexibility index (Phi) is 9.43. The summed E-state index contributed by atoms with van der Waals surface area (Å²) < 4.78 is 13.0. The Balaban J connectivity index is 0.00000252. The van der Waals surface area contributed by atoms with Crippen LogP contribution in [0.3, 0.4) is 0 Å². The van der Waals surface area contributed by atoms with Gasteiger partial charge in [-0.25, -0.2) is 0 Å². The third-order valence-electron chi connectivity index (χ3n) is 12.9. The first-order chi connectivity index (χ1) is 22.4. The van der Waals surface area contributed by atoms with Gasteiger partial charge in [0, 0.05) is 0 Å². The molecular weight excluding hydrogens is 739 g/mol. The zero-order chi connectivity index (χ0) is 35.9. The fourth-order valence-electron chi connectivity index (χ4n) is 10.3.